The Balaban J connectivity index is 1.72. The zero-order valence-corrected chi connectivity index (χ0v) is 14.6. The average molecular weight is 333 g/mol. The van der Waals surface area contributed by atoms with Crippen LogP contribution in [0.25, 0.3) is 0 Å². The molecule has 2 aliphatic heterocycles. The fraction of sp³-hybridized carbons (Fsp3) is 0.667. The number of hydrogen-bond donors (Lipinski definition) is 0. The van der Waals surface area contributed by atoms with Crippen molar-refractivity contribution in [3.05, 3.63) is 23.9 Å². The van der Waals surface area contributed by atoms with Gasteiger partial charge in [-0.05, 0) is 38.3 Å². The molecule has 0 spiro atoms. The van der Waals surface area contributed by atoms with Crippen LogP contribution in [0.5, 0.6) is 0 Å². The Labute approximate surface area is 143 Å². The molecule has 1 aromatic rings. The molecule has 2 atom stereocenters. The van der Waals surface area contributed by atoms with Crippen LogP contribution >= 0.6 is 0 Å². The van der Waals surface area contributed by atoms with Gasteiger partial charge in [-0.25, -0.2) is 4.98 Å². The zero-order chi connectivity index (χ0) is 16.9. The molecule has 0 saturated carbocycles. The molecule has 0 N–H and O–H groups in total. The molecule has 0 radical (unpaired) electrons. The quantitative estimate of drug-likeness (QED) is 0.843. The van der Waals surface area contributed by atoms with Gasteiger partial charge < -0.3 is 19.3 Å². The van der Waals surface area contributed by atoms with E-state index < -0.39 is 0 Å². The molecule has 3 rings (SSSR count). The minimum Gasteiger partial charge on any atom is -0.382 e. The molecule has 2 fully saturated rings. The van der Waals surface area contributed by atoms with Gasteiger partial charge in [0.2, 0.25) is 0 Å². The number of morpholine rings is 1. The van der Waals surface area contributed by atoms with Crippen molar-refractivity contribution in [2.45, 2.75) is 38.3 Å². The number of piperidine rings is 1. The molecule has 3 heterocycles. The lowest BCUT2D eigenvalue weighted by Crippen LogP contribution is -2.47. The van der Waals surface area contributed by atoms with Gasteiger partial charge in [0.25, 0.3) is 5.91 Å². The molecule has 132 valence electrons. The van der Waals surface area contributed by atoms with Crippen molar-refractivity contribution in [1.29, 1.82) is 0 Å². The second-order valence-electron chi connectivity index (χ2n) is 6.64. The molecule has 0 aliphatic carbocycles. The summed E-state index contributed by atoms with van der Waals surface area (Å²) in [5.74, 6) is 0.961. The zero-order valence-electron chi connectivity index (χ0n) is 14.6. The number of carbonyl (C=O) groups excluding carboxylic acids is 1. The molecule has 0 unspecified atom stereocenters. The highest BCUT2D eigenvalue weighted by Crippen LogP contribution is 2.24. The van der Waals surface area contributed by atoms with Crippen LogP contribution in [0.2, 0.25) is 0 Å². The van der Waals surface area contributed by atoms with Gasteiger partial charge in [0.15, 0.2) is 0 Å². The smallest absolute Gasteiger partial charge is 0.254 e. The topological polar surface area (TPSA) is 54.9 Å². The summed E-state index contributed by atoms with van der Waals surface area (Å²) in [6.45, 7) is 5.50. The third-order valence-electron chi connectivity index (χ3n) is 4.87. The molecular formula is C18H27N3O3. The summed E-state index contributed by atoms with van der Waals surface area (Å²) in [6.07, 6.45) is 5.34. The first-order valence-electron chi connectivity index (χ1n) is 8.81. The number of hydrogen-bond acceptors (Lipinski definition) is 5. The second-order valence-corrected chi connectivity index (χ2v) is 6.64. The molecule has 2 saturated heterocycles. The number of aromatic nitrogens is 1. The third kappa shape index (κ3) is 3.87. The van der Waals surface area contributed by atoms with E-state index in [1.807, 2.05) is 11.0 Å². The fourth-order valence-corrected chi connectivity index (χ4v) is 3.52. The van der Waals surface area contributed by atoms with E-state index in [0.29, 0.717) is 37.9 Å². The van der Waals surface area contributed by atoms with Gasteiger partial charge in [0.05, 0.1) is 19.3 Å². The number of anilines is 1. The minimum absolute atomic E-state index is 0.0453. The van der Waals surface area contributed by atoms with Crippen LogP contribution in [0.15, 0.2) is 18.3 Å². The molecule has 0 bridgehead atoms. The summed E-state index contributed by atoms with van der Waals surface area (Å²) in [5, 5.41) is 0. The predicted octanol–water partition coefficient (Wildman–Crippen LogP) is 1.95. The van der Waals surface area contributed by atoms with Crippen LogP contribution in [-0.2, 0) is 9.47 Å². The van der Waals surface area contributed by atoms with Crippen molar-refractivity contribution in [1.82, 2.24) is 9.88 Å². The van der Waals surface area contributed by atoms with Crippen LogP contribution in [0.1, 0.15) is 36.5 Å². The summed E-state index contributed by atoms with van der Waals surface area (Å²) in [7, 11) is 1.65. The third-order valence-corrected chi connectivity index (χ3v) is 4.87. The van der Waals surface area contributed by atoms with Crippen LogP contribution in [-0.4, -0.2) is 67.9 Å². The van der Waals surface area contributed by atoms with Crippen molar-refractivity contribution in [3.8, 4) is 0 Å². The molecule has 1 aromatic heterocycles. The highest BCUT2D eigenvalue weighted by Gasteiger charge is 2.26. The maximum atomic E-state index is 12.8. The maximum absolute atomic E-state index is 12.8. The Morgan fingerprint density at radius 1 is 1.42 bits per heavy atom. The lowest BCUT2D eigenvalue weighted by Gasteiger charge is -2.35. The number of pyridine rings is 1. The lowest BCUT2D eigenvalue weighted by molar-refractivity contribution is -0.0531. The van der Waals surface area contributed by atoms with E-state index in [0.717, 1.165) is 12.4 Å². The molecule has 24 heavy (non-hydrogen) atoms. The van der Waals surface area contributed by atoms with Crippen molar-refractivity contribution < 1.29 is 14.3 Å². The molecule has 0 aromatic carbocycles. The van der Waals surface area contributed by atoms with E-state index in [9.17, 15) is 4.79 Å². The Kier molecular flexibility index (Phi) is 5.68. The number of methoxy groups -OCH3 is 1. The number of carbonyl (C=O) groups is 1. The standard InChI is InChI=1S/C18H27N3O3/c1-14-5-3-4-8-21(14)17-11-15(6-7-19-17)18(22)20-9-10-24-16(12-20)13-23-2/h6-7,11,14,16H,3-5,8-10,12-13H2,1-2H3/t14-,16-/m1/s1. The van der Waals surface area contributed by atoms with Gasteiger partial charge in [0, 0.05) is 44.5 Å². The molecular weight excluding hydrogens is 306 g/mol. The largest absolute Gasteiger partial charge is 0.382 e. The van der Waals surface area contributed by atoms with Gasteiger partial charge in [-0.2, -0.15) is 0 Å². The highest BCUT2D eigenvalue weighted by atomic mass is 16.5. The van der Waals surface area contributed by atoms with E-state index in [4.69, 9.17) is 9.47 Å². The predicted molar refractivity (Wildman–Crippen MR) is 92.4 cm³/mol. The van der Waals surface area contributed by atoms with E-state index in [-0.39, 0.29) is 12.0 Å². The number of rotatable bonds is 4. The maximum Gasteiger partial charge on any atom is 0.254 e. The Bertz CT molecular complexity index is 564. The van der Waals surface area contributed by atoms with Crippen molar-refractivity contribution in [2.75, 3.05) is 44.9 Å². The first-order chi connectivity index (χ1) is 11.7. The molecule has 2 aliphatic rings. The van der Waals surface area contributed by atoms with Crippen LogP contribution in [0.4, 0.5) is 5.82 Å². The van der Waals surface area contributed by atoms with Gasteiger partial charge in [-0.3, -0.25) is 4.79 Å². The molecule has 1 amide bonds. The van der Waals surface area contributed by atoms with Crippen molar-refractivity contribution in [2.24, 2.45) is 0 Å². The summed E-state index contributed by atoms with van der Waals surface area (Å²) in [4.78, 5) is 21.5. The summed E-state index contributed by atoms with van der Waals surface area (Å²) in [6, 6.07) is 4.22. The average Bonchev–Trinajstić information content (AvgIpc) is 2.62. The van der Waals surface area contributed by atoms with Crippen LogP contribution in [0, 0.1) is 0 Å². The van der Waals surface area contributed by atoms with E-state index in [1.54, 1.807) is 19.4 Å². The number of nitrogens with zero attached hydrogens (tertiary/aromatic N) is 3. The fourth-order valence-electron chi connectivity index (χ4n) is 3.52. The Morgan fingerprint density at radius 2 is 2.29 bits per heavy atom. The Morgan fingerprint density at radius 3 is 3.08 bits per heavy atom. The van der Waals surface area contributed by atoms with Gasteiger partial charge in [-0.1, -0.05) is 0 Å². The first-order valence-corrected chi connectivity index (χ1v) is 8.81. The normalized spacial score (nSPS) is 24.9. The minimum atomic E-state index is -0.0453. The number of amides is 1. The SMILES string of the molecule is COC[C@H]1CN(C(=O)c2ccnc(N3CCCC[C@H]3C)c2)CCO1. The van der Waals surface area contributed by atoms with Crippen LogP contribution < -0.4 is 4.90 Å². The molecule has 6 nitrogen and oxygen atoms in total. The van der Waals surface area contributed by atoms with Gasteiger partial charge >= 0.3 is 0 Å². The first kappa shape index (κ1) is 17.2. The van der Waals surface area contributed by atoms with E-state index in [1.165, 1.54) is 19.3 Å². The van der Waals surface area contributed by atoms with Gasteiger partial charge in [0.1, 0.15) is 5.82 Å². The monoisotopic (exact) mass is 333 g/mol. The Hall–Kier alpha value is -1.66. The second kappa shape index (κ2) is 7.94. The van der Waals surface area contributed by atoms with Crippen molar-refractivity contribution >= 4 is 11.7 Å². The van der Waals surface area contributed by atoms with Crippen LogP contribution in [0.3, 0.4) is 0 Å². The highest BCUT2D eigenvalue weighted by molar-refractivity contribution is 5.95. The molecule has 6 heteroatoms. The van der Waals surface area contributed by atoms with Gasteiger partial charge in [-0.15, -0.1) is 0 Å². The van der Waals surface area contributed by atoms with E-state index in [2.05, 4.69) is 16.8 Å². The summed E-state index contributed by atoms with van der Waals surface area (Å²) < 4.78 is 10.8. The van der Waals surface area contributed by atoms with E-state index >= 15 is 0 Å². The summed E-state index contributed by atoms with van der Waals surface area (Å²) >= 11 is 0. The summed E-state index contributed by atoms with van der Waals surface area (Å²) in [5.41, 5.74) is 0.704. The number of ether oxygens (including phenoxy) is 2. The lowest BCUT2D eigenvalue weighted by atomic mass is 10.0. The van der Waals surface area contributed by atoms with Crippen molar-refractivity contribution in [3.63, 3.8) is 0 Å².